The molecule has 19 heavy (non-hydrogen) atoms. The zero-order valence-corrected chi connectivity index (χ0v) is 12.0. The van der Waals surface area contributed by atoms with Gasteiger partial charge >= 0.3 is 0 Å². The first-order valence-electron chi connectivity index (χ1n) is 6.31. The number of rotatable bonds is 5. The summed E-state index contributed by atoms with van der Waals surface area (Å²) in [6.07, 6.45) is 3.64. The van der Waals surface area contributed by atoms with Gasteiger partial charge in [0.1, 0.15) is 11.0 Å². The van der Waals surface area contributed by atoms with Gasteiger partial charge in [-0.15, -0.1) is 0 Å². The van der Waals surface area contributed by atoms with Crippen LogP contribution in [0.25, 0.3) is 0 Å². The van der Waals surface area contributed by atoms with E-state index in [0.717, 1.165) is 10.5 Å². The quantitative estimate of drug-likeness (QED) is 0.910. The van der Waals surface area contributed by atoms with E-state index < -0.39 is 11.0 Å². The lowest BCUT2D eigenvalue weighted by Crippen LogP contribution is -2.18. The van der Waals surface area contributed by atoms with Gasteiger partial charge in [0.25, 0.3) is 0 Å². The number of hydrogen-bond donors (Lipinski definition) is 1. The third-order valence-electron chi connectivity index (χ3n) is 2.91. The van der Waals surface area contributed by atoms with Gasteiger partial charge < -0.3 is 0 Å². The number of benzene rings is 1. The van der Waals surface area contributed by atoms with Crippen molar-refractivity contribution in [2.24, 2.45) is 0 Å². The molecule has 0 bridgehead atoms. The maximum Gasteiger partial charge on any atom is 0.125 e. The molecule has 100 valence electrons. The van der Waals surface area contributed by atoms with Gasteiger partial charge in [-0.05, 0) is 35.2 Å². The Labute approximate surface area is 116 Å². The Hall–Kier alpha value is -1.52. The van der Waals surface area contributed by atoms with E-state index in [0.29, 0.717) is 12.5 Å². The molecule has 1 N–H and O–H groups in total. The summed E-state index contributed by atoms with van der Waals surface area (Å²) in [5, 5.41) is 0. The molecule has 0 fully saturated rings. The standard InChI is InChI=1S/C15H18N2OS/c1-12(2)15-8-9-16-10-13(15)11-17-19(18)14-6-4-3-5-7-14/h3-10,12,17H,11H2,1-2H3. The summed E-state index contributed by atoms with van der Waals surface area (Å²) in [6, 6.07) is 11.4. The zero-order valence-electron chi connectivity index (χ0n) is 11.2. The van der Waals surface area contributed by atoms with Gasteiger partial charge in [0.15, 0.2) is 0 Å². The van der Waals surface area contributed by atoms with Crippen molar-refractivity contribution < 1.29 is 4.21 Å². The fraction of sp³-hybridized carbons (Fsp3) is 0.267. The first-order valence-corrected chi connectivity index (χ1v) is 7.46. The molecule has 0 amide bonds. The van der Waals surface area contributed by atoms with Crippen LogP contribution in [-0.2, 0) is 17.5 Å². The van der Waals surface area contributed by atoms with Crippen LogP contribution >= 0.6 is 0 Å². The van der Waals surface area contributed by atoms with E-state index in [1.54, 1.807) is 6.20 Å². The van der Waals surface area contributed by atoms with Crippen LogP contribution in [0.2, 0.25) is 0 Å². The van der Waals surface area contributed by atoms with Crippen molar-refractivity contribution in [2.75, 3.05) is 0 Å². The van der Waals surface area contributed by atoms with Crippen molar-refractivity contribution in [1.29, 1.82) is 0 Å². The Balaban J connectivity index is 2.05. The average molecular weight is 274 g/mol. The van der Waals surface area contributed by atoms with Crippen LogP contribution in [0.5, 0.6) is 0 Å². The maximum absolute atomic E-state index is 12.1. The lowest BCUT2D eigenvalue weighted by atomic mass is 10.00. The van der Waals surface area contributed by atoms with Gasteiger partial charge in [0.05, 0.1) is 4.90 Å². The Kier molecular flexibility index (Phi) is 4.82. The van der Waals surface area contributed by atoms with Crippen molar-refractivity contribution in [3.8, 4) is 0 Å². The van der Waals surface area contributed by atoms with E-state index in [1.807, 2.05) is 42.6 Å². The van der Waals surface area contributed by atoms with Crippen molar-refractivity contribution in [3.05, 3.63) is 59.9 Å². The summed E-state index contributed by atoms with van der Waals surface area (Å²) in [5.74, 6) is 0.435. The molecule has 0 aliphatic carbocycles. The number of pyridine rings is 1. The Morgan fingerprint density at radius 1 is 1.21 bits per heavy atom. The van der Waals surface area contributed by atoms with E-state index in [4.69, 9.17) is 0 Å². The molecular weight excluding hydrogens is 256 g/mol. The third kappa shape index (κ3) is 3.72. The molecular formula is C15H18N2OS. The molecule has 2 rings (SSSR count). The molecule has 0 aliphatic rings. The Morgan fingerprint density at radius 3 is 2.63 bits per heavy atom. The maximum atomic E-state index is 12.1. The molecule has 1 unspecified atom stereocenters. The summed E-state index contributed by atoms with van der Waals surface area (Å²) in [6.45, 7) is 4.85. The molecule has 0 saturated heterocycles. The zero-order chi connectivity index (χ0) is 13.7. The monoisotopic (exact) mass is 274 g/mol. The van der Waals surface area contributed by atoms with Crippen LogP contribution in [0.3, 0.4) is 0 Å². The highest BCUT2D eigenvalue weighted by molar-refractivity contribution is 7.83. The first-order chi connectivity index (χ1) is 9.18. The van der Waals surface area contributed by atoms with E-state index in [1.165, 1.54) is 5.56 Å². The summed E-state index contributed by atoms with van der Waals surface area (Å²) >= 11 is 0. The molecule has 2 aromatic rings. The average Bonchev–Trinajstić information content (AvgIpc) is 2.46. The molecule has 1 heterocycles. The van der Waals surface area contributed by atoms with Gasteiger partial charge in [-0.25, -0.2) is 8.93 Å². The molecule has 1 atom stereocenters. The molecule has 1 aromatic carbocycles. The second kappa shape index (κ2) is 6.59. The van der Waals surface area contributed by atoms with Crippen molar-refractivity contribution in [3.63, 3.8) is 0 Å². The lowest BCUT2D eigenvalue weighted by Gasteiger charge is -2.12. The Bertz CT molecular complexity index is 555. The minimum absolute atomic E-state index is 0.435. The lowest BCUT2D eigenvalue weighted by molar-refractivity contribution is 0.670. The van der Waals surface area contributed by atoms with E-state index in [2.05, 4.69) is 23.6 Å². The molecule has 3 nitrogen and oxygen atoms in total. The highest BCUT2D eigenvalue weighted by Gasteiger charge is 2.08. The van der Waals surface area contributed by atoms with Gasteiger partial charge in [0, 0.05) is 18.9 Å². The van der Waals surface area contributed by atoms with Crippen LogP contribution in [0.15, 0.2) is 53.7 Å². The van der Waals surface area contributed by atoms with Crippen LogP contribution in [0.1, 0.15) is 30.9 Å². The normalized spacial score (nSPS) is 12.6. The smallest absolute Gasteiger partial charge is 0.125 e. The molecule has 0 aliphatic heterocycles. The predicted octanol–water partition coefficient (Wildman–Crippen LogP) is 3.02. The fourth-order valence-electron chi connectivity index (χ4n) is 1.92. The van der Waals surface area contributed by atoms with E-state index in [9.17, 15) is 4.21 Å². The minimum Gasteiger partial charge on any atom is -0.264 e. The Morgan fingerprint density at radius 2 is 1.95 bits per heavy atom. The molecule has 4 heteroatoms. The van der Waals surface area contributed by atoms with Crippen molar-refractivity contribution in [2.45, 2.75) is 31.2 Å². The SMILES string of the molecule is CC(C)c1ccncc1CNS(=O)c1ccccc1. The van der Waals surface area contributed by atoms with Crippen molar-refractivity contribution in [1.82, 2.24) is 9.71 Å². The number of hydrogen-bond acceptors (Lipinski definition) is 2. The second-order valence-electron chi connectivity index (χ2n) is 4.63. The van der Waals surface area contributed by atoms with E-state index in [-0.39, 0.29) is 0 Å². The van der Waals surface area contributed by atoms with Gasteiger partial charge in [-0.3, -0.25) is 4.98 Å². The largest absolute Gasteiger partial charge is 0.264 e. The third-order valence-corrected chi connectivity index (χ3v) is 4.02. The molecule has 0 radical (unpaired) electrons. The van der Waals surface area contributed by atoms with Crippen LogP contribution < -0.4 is 4.72 Å². The fourth-order valence-corrected chi connectivity index (χ4v) is 2.78. The first kappa shape index (κ1) is 13.9. The summed E-state index contributed by atoms with van der Waals surface area (Å²) < 4.78 is 15.1. The molecule has 0 spiro atoms. The summed E-state index contributed by atoms with van der Waals surface area (Å²) in [4.78, 5) is 4.93. The minimum atomic E-state index is -1.18. The highest BCUT2D eigenvalue weighted by atomic mass is 32.2. The van der Waals surface area contributed by atoms with Crippen LogP contribution in [-0.4, -0.2) is 9.19 Å². The second-order valence-corrected chi connectivity index (χ2v) is 5.93. The molecule has 0 saturated carbocycles. The van der Waals surface area contributed by atoms with Crippen LogP contribution in [0, 0.1) is 0 Å². The molecule has 1 aromatic heterocycles. The highest BCUT2D eigenvalue weighted by Crippen LogP contribution is 2.18. The van der Waals surface area contributed by atoms with Gasteiger partial charge in [0.2, 0.25) is 0 Å². The topological polar surface area (TPSA) is 42.0 Å². The number of nitrogens with one attached hydrogen (secondary N) is 1. The summed E-state index contributed by atoms with van der Waals surface area (Å²) in [5.41, 5.74) is 2.34. The number of nitrogens with zero attached hydrogens (tertiary/aromatic N) is 1. The number of aromatic nitrogens is 1. The van der Waals surface area contributed by atoms with Gasteiger partial charge in [-0.2, -0.15) is 0 Å². The van der Waals surface area contributed by atoms with E-state index >= 15 is 0 Å². The van der Waals surface area contributed by atoms with Gasteiger partial charge in [-0.1, -0.05) is 32.0 Å². The van der Waals surface area contributed by atoms with Crippen molar-refractivity contribution >= 4 is 11.0 Å². The summed E-state index contributed by atoms with van der Waals surface area (Å²) in [7, 11) is -1.18. The van der Waals surface area contributed by atoms with Crippen LogP contribution in [0.4, 0.5) is 0 Å². The predicted molar refractivity (Wildman–Crippen MR) is 78.0 cm³/mol.